The minimum Gasteiger partial charge on any atom is -0.495 e. The molecule has 0 radical (unpaired) electrons. The van der Waals surface area contributed by atoms with Crippen molar-refractivity contribution in [1.82, 2.24) is 0 Å². The van der Waals surface area contributed by atoms with E-state index in [4.69, 9.17) is 16.3 Å². The highest BCUT2D eigenvalue weighted by atomic mass is 35.5. The van der Waals surface area contributed by atoms with Crippen LogP contribution in [0.3, 0.4) is 0 Å². The summed E-state index contributed by atoms with van der Waals surface area (Å²) in [6.45, 7) is -0.0191. The molecule has 3 aromatic rings. The molecular weight excluding hydrogens is 376 g/mol. The third kappa shape index (κ3) is 4.69. The van der Waals surface area contributed by atoms with Crippen LogP contribution in [0.1, 0.15) is 15.9 Å². The molecule has 0 fully saturated rings. The Labute approximate surface area is 168 Å². The number of anilines is 2. The van der Waals surface area contributed by atoms with Gasteiger partial charge in [-0.1, -0.05) is 54.1 Å². The second kappa shape index (κ2) is 9.06. The maximum absolute atomic E-state index is 12.8. The number of nitrogens with one attached hydrogen (secondary N) is 2. The molecule has 2 N–H and O–H groups in total. The molecule has 0 atom stereocenters. The van der Waals surface area contributed by atoms with E-state index in [1.54, 1.807) is 67.8 Å². The van der Waals surface area contributed by atoms with Gasteiger partial charge in [0.1, 0.15) is 5.75 Å². The summed E-state index contributed by atoms with van der Waals surface area (Å²) in [4.78, 5) is 25.2. The number of benzene rings is 3. The smallest absolute Gasteiger partial charge is 0.243 e. The lowest BCUT2D eigenvalue weighted by Gasteiger charge is -2.13. The summed E-state index contributed by atoms with van der Waals surface area (Å²) in [7, 11) is 1.54. The summed E-state index contributed by atoms with van der Waals surface area (Å²) in [5.41, 5.74) is 2.07. The maximum Gasteiger partial charge on any atom is 0.243 e. The molecular formula is C22H19ClN2O3. The first kappa shape index (κ1) is 19.5. The van der Waals surface area contributed by atoms with Gasteiger partial charge in [-0.3, -0.25) is 9.59 Å². The highest BCUT2D eigenvalue weighted by molar-refractivity contribution is 6.31. The fourth-order valence-electron chi connectivity index (χ4n) is 2.72. The molecule has 3 rings (SSSR count). The number of hydrogen-bond donors (Lipinski definition) is 2. The van der Waals surface area contributed by atoms with E-state index in [9.17, 15) is 9.59 Å². The summed E-state index contributed by atoms with van der Waals surface area (Å²) in [5, 5.41) is 6.25. The van der Waals surface area contributed by atoms with Gasteiger partial charge in [-0.2, -0.15) is 0 Å². The standard InChI is InChI=1S/C22H19ClN2O3/c1-28-20-10-6-5-9-19(20)25-21(26)14-24-18-12-11-16(23)13-17(18)22(27)15-7-3-2-4-8-15/h2-13,24H,14H2,1H3,(H,25,26). The van der Waals surface area contributed by atoms with Crippen LogP contribution in [-0.2, 0) is 4.79 Å². The van der Waals surface area contributed by atoms with Crippen LogP contribution >= 0.6 is 11.6 Å². The Kier molecular flexibility index (Phi) is 6.29. The highest BCUT2D eigenvalue weighted by Crippen LogP contribution is 2.25. The summed E-state index contributed by atoms with van der Waals surface area (Å²) < 4.78 is 5.23. The zero-order valence-corrected chi connectivity index (χ0v) is 16.0. The summed E-state index contributed by atoms with van der Waals surface area (Å²) >= 11 is 6.08. The number of ether oxygens (including phenoxy) is 1. The number of methoxy groups -OCH3 is 1. The van der Waals surface area contributed by atoms with Gasteiger partial charge in [0.2, 0.25) is 5.91 Å². The van der Waals surface area contributed by atoms with Gasteiger partial charge in [-0.05, 0) is 30.3 Å². The van der Waals surface area contributed by atoms with E-state index in [-0.39, 0.29) is 18.2 Å². The van der Waals surface area contributed by atoms with Gasteiger partial charge in [0.15, 0.2) is 5.78 Å². The molecule has 0 aliphatic carbocycles. The molecule has 0 heterocycles. The van der Waals surface area contributed by atoms with E-state index in [0.29, 0.717) is 33.3 Å². The second-order valence-electron chi connectivity index (χ2n) is 5.99. The van der Waals surface area contributed by atoms with Crippen LogP contribution in [0.4, 0.5) is 11.4 Å². The van der Waals surface area contributed by atoms with Crippen molar-refractivity contribution in [1.29, 1.82) is 0 Å². The van der Waals surface area contributed by atoms with Gasteiger partial charge in [-0.15, -0.1) is 0 Å². The van der Waals surface area contributed by atoms with Crippen molar-refractivity contribution in [2.24, 2.45) is 0 Å². The number of carbonyl (C=O) groups is 2. The van der Waals surface area contributed by atoms with Gasteiger partial charge < -0.3 is 15.4 Å². The monoisotopic (exact) mass is 394 g/mol. The average Bonchev–Trinajstić information content (AvgIpc) is 2.73. The Morgan fingerprint density at radius 3 is 2.39 bits per heavy atom. The van der Waals surface area contributed by atoms with Crippen molar-refractivity contribution in [3.05, 3.63) is 88.9 Å². The number of para-hydroxylation sites is 2. The first-order valence-electron chi connectivity index (χ1n) is 8.64. The molecule has 0 bridgehead atoms. The Morgan fingerprint density at radius 1 is 0.929 bits per heavy atom. The van der Waals surface area contributed by atoms with Crippen LogP contribution in [-0.4, -0.2) is 25.3 Å². The van der Waals surface area contributed by atoms with Crippen molar-refractivity contribution in [2.75, 3.05) is 24.3 Å². The Balaban J connectivity index is 1.74. The molecule has 6 heteroatoms. The quantitative estimate of drug-likeness (QED) is 0.573. The van der Waals surface area contributed by atoms with Crippen LogP contribution in [0.2, 0.25) is 5.02 Å². The van der Waals surface area contributed by atoms with Crippen LogP contribution in [0, 0.1) is 0 Å². The maximum atomic E-state index is 12.8. The highest BCUT2D eigenvalue weighted by Gasteiger charge is 2.15. The van der Waals surface area contributed by atoms with Crippen LogP contribution < -0.4 is 15.4 Å². The van der Waals surface area contributed by atoms with Crippen LogP contribution in [0.15, 0.2) is 72.8 Å². The van der Waals surface area contributed by atoms with Crippen molar-refractivity contribution >= 4 is 34.7 Å². The van der Waals surface area contributed by atoms with E-state index in [2.05, 4.69) is 10.6 Å². The molecule has 0 aliphatic rings. The topological polar surface area (TPSA) is 67.4 Å². The van der Waals surface area contributed by atoms with Gasteiger partial charge in [0.25, 0.3) is 0 Å². The fourth-order valence-corrected chi connectivity index (χ4v) is 2.89. The molecule has 0 aliphatic heterocycles. The summed E-state index contributed by atoms with van der Waals surface area (Å²) in [6.07, 6.45) is 0. The van der Waals surface area contributed by atoms with E-state index in [1.807, 2.05) is 12.1 Å². The normalized spacial score (nSPS) is 10.2. The van der Waals surface area contributed by atoms with E-state index in [1.165, 1.54) is 0 Å². The number of amides is 1. The second-order valence-corrected chi connectivity index (χ2v) is 6.42. The molecule has 0 spiro atoms. The van der Waals surface area contributed by atoms with Crippen LogP contribution in [0.25, 0.3) is 0 Å². The van der Waals surface area contributed by atoms with Gasteiger partial charge in [-0.25, -0.2) is 0 Å². The molecule has 0 saturated heterocycles. The zero-order valence-electron chi connectivity index (χ0n) is 15.2. The third-order valence-corrected chi connectivity index (χ3v) is 4.32. The number of carbonyl (C=O) groups excluding carboxylic acids is 2. The lowest BCUT2D eigenvalue weighted by molar-refractivity contribution is -0.114. The Hall–Kier alpha value is -3.31. The SMILES string of the molecule is COc1ccccc1NC(=O)CNc1ccc(Cl)cc1C(=O)c1ccccc1. The molecule has 0 saturated carbocycles. The average molecular weight is 395 g/mol. The summed E-state index contributed by atoms with van der Waals surface area (Å²) in [5.74, 6) is 0.135. The Bertz CT molecular complexity index is 990. The fraction of sp³-hybridized carbons (Fsp3) is 0.0909. The third-order valence-electron chi connectivity index (χ3n) is 4.08. The van der Waals surface area contributed by atoms with E-state index >= 15 is 0 Å². The molecule has 3 aromatic carbocycles. The molecule has 0 unspecified atom stereocenters. The minimum atomic E-state index is -0.266. The van der Waals surface area contributed by atoms with Gasteiger partial charge >= 0.3 is 0 Å². The predicted molar refractivity (Wildman–Crippen MR) is 111 cm³/mol. The Morgan fingerprint density at radius 2 is 1.64 bits per heavy atom. The molecule has 1 amide bonds. The molecule has 0 aromatic heterocycles. The first-order chi connectivity index (χ1) is 13.6. The number of ketones is 1. The van der Waals surface area contributed by atoms with Crippen LogP contribution in [0.5, 0.6) is 5.75 Å². The van der Waals surface area contributed by atoms with Crippen molar-refractivity contribution in [3.8, 4) is 5.75 Å². The van der Waals surface area contributed by atoms with Gasteiger partial charge in [0, 0.05) is 21.8 Å². The van der Waals surface area contributed by atoms with Gasteiger partial charge in [0.05, 0.1) is 19.3 Å². The van der Waals surface area contributed by atoms with E-state index in [0.717, 1.165) is 0 Å². The molecule has 142 valence electrons. The zero-order chi connectivity index (χ0) is 19.9. The lowest BCUT2D eigenvalue weighted by Crippen LogP contribution is -2.23. The first-order valence-corrected chi connectivity index (χ1v) is 9.02. The molecule has 5 nitrogen and oxygen atoms in total. The number of halogens is 1. The largest absolute Gasteiger partial charge is 0.495 e. The van der Waals surface area contributed by atoms with E-state index < -0.39 is 0 Å². The number of rotatable bonds is 7. The van der Waals surface area contributed by atoms with Crippen molar-refractivity contribution < 1.29 is 14.3 Å². The molecule has 28 heavy (non-hydrogen) atoms. The minimum absolute atomic E-state index is 0.0191. The lowest BCUT2D eigenvalue weighted by atomic mass is 10.0. The van der Waals surface area contributed by atoms with Crippen molar-refractivity contribution in [3.63, 3.8) is 0 Å². The van der Waals surface area contributed by atoms with Crippen molar-refractivity contribution in [2.45, 2.75) is 0 Å². The predicted octanol–water partition coefficient (Wildman–Crippen LogP) is 4.63. The number of hydrogen-bond acceptors (Lipinski definition) is 4. The summed E-state index contributed by atoms with van der Waals surface area (Å²) in [6, 6.07) is 21.0.